The number of aliphatic hydroxyl groups is 2. The van der Waals surface area contributed by atoms with Gasteiger partial charge in [-0.05, 0) is 42.7 Å². The van der Waals surface area contributed by atoms with Gasteiger partial charge in [0.25, 0.3) is 11.8 Å². The summed E-state index contributed by atoms with van der Waals surface area (Å²) in [7, 11) is 0. The molecule has 2 aromatic carbocycles. The van der Waals surface area contributed by atoms with Crippen molar-refractivity contribution < 1.29 is 24.2 Å². The van der Waals surface area contributed by atoms with Crippen molar-refractivity contribution in [1.29, 1.82) is 0 Å². The van der Waals surface area contributed by atoms with Gasteiger partial charge < -0.3 is 20.4 Å². The van der Waals surface area contributed by atoms with Crippen LogP contribution in [-0.4, -0.2) is 52.2 Å². The summed E-state index contributed by atoms with van der Waals surface area (Å²) in [6, 6.07) is 14.8. The number of amides is 2. The van der Waals surface area contributed by atoms with E-state index in [0.29, 0.717) is 12.1 Å². The topological polar surface area (TPSA) is 89.9 Å². The van der Waals surface area contributed by atoms with E-state index < -0.39 is 24.0 Å². The first-order valence-electron chi connectivity index (χ1n) is 9.71. The van der Waals surface area contributed by atoms with Gasteiger partial charge in [0, 0.05) is 12.1 Å². The number of hydrogen-bond acceptors (Lipinski definition) is 4. The second-order valence-corrected chi connectivity index (χ2v) is 7.02. The van der Waals surface area contributed by atoms with Crippen LogP contribution in [0, 0.1) is 17.7 Å². The van der Waals surface area contributed by atoms with Crippen LogP contribution >= 0.6 is 0 Å². The number of likely N-dealkylation sites (tertiary alicyclic amines) is 1. The number of aliphatic hydroxyl groups excluding tert-OH is 2. The molecular weight excluding hydrogens is 387 g/mol. The lowest BCUT2D eigenvalue weighted by atomic mass is 10.0. The number of rotatable bonds is 5. The van der Waals surface area contributed by atoms with Crippen molar-refractivity contribution in [2.75, 3.05) is 13.1 Å². The molecule has 0 bridgehead atoms. The first kappa shape index (κ1) is 21.5. The predicted octanol–water partition coefficient (Wildman–Crippen LogP) is 1.38. The maximum atomic E-state index is 12.9. The number of benzene rings is 2. The summed E-state index contributed by atoms with van der Waals surface area (Å²) in [6.07, 6.45) is -2.23. The molecule has 0 spiro atoms. The smallest absolute Gasteiger partial charge is 0.255 e. The molecule has 0 aromatic heterocycles. The van der Waals surface area contributed by atoms with Gasteiger partial charge in [0.15, 0.2) is 12.2 Å². The Hall–Kier alpha value is -3.21. The van der Waals surface area contributed by atoms with Crippen LogP contribution in [0.5, 0.6) is 0 Å². The molecule has 0 radical (unpaired) electrons. The van der Waals surface area contributed by atoms with Crippen molar-refractivity contribution in [1.82, 2.24) is 10.2 Å². The fraction of sp³-hybridized carbons (Fsp3) is 0.304. The Morgan fingerprint density at radius 3 is 2.50 bits per heavy atom. The Balaban J connectivity index is 1.55. The maximum absolute atomic E-state index is 12.9. The molecule has 1 fully saturated rings. The third-order valence-corrected chi connectivity index (χ3v) is 4.97. The van der Waals surface area contributed by atoms with Crippen molar-refractivity contribution >= 4 is 11.8 Å². The minimum atomic E-state index is -1.90. The van der Waals surface area contributed by atoms with Crippen molar-refractivity contribution in [3.8, 4) is 11.8 Å². The standard InChI is InChI=1S/C23H23FN2O4/c24-18-12-10-16(11-13-18)6-4-14-25-22(29)20(27)21(28)23(30)26-15-5-9-19(26)17-7-2-1-3-8-17/h1-3,7-8,10-13,19-21,27-28H,5,9,14-15H2,(H,25,29)/t19?,20-,21-/m1/s1. The molecule has 1 heterocycles. The molecule has 0 aliphatic carbocycles. The van der Waals surface area contributed by atoms with Gasteiger partial charge in [0.2, 0.25) is 0 Å². The Bertz CT molecular complexity index is 937. The summed E-state index contributed by atoms with van der Waals surface area (Å²) in [5.41, 5.74) is 1.52. The molecule has 7 heteroatoms. The maximum Gasteiger partial charge on any atom is 0.255 e. The summed E-state index contributed by atoms with van der Waals surface area (Å²) < 4.78 is 12.9. The minimum Gasteiger partial charge on any atom is -0.380 e. The predicted molar refractivity (Wildman–Crippen MR) is 108 cm³/mol. The van der Waals surface area contributed by atoms with Gasteiger partial charge >= 0.3 is 0 Å². The highest BCUT2D eigenvalue weighted by Gasteiger charge is 2.38. The second kappa shape index (κ2) is 10.0. The third-order valence-electron chi connectivity index (χ3n) is 4.97. The van der Waals surface area contributed by atoms with Crippen LogP contribution in [-0.2, 0) is 9.59 Å². The molecule has 3 atom stereocenters. The number of carbonyl (C=O) groups is 2. The summed E-state index contributed by atoms with van der Waals surface area (Å²) >= 11 is 0. The quantitative estimate of drug-likeness (QED) is 0.650. The molecule has 6 nitrogen and oxygen atoms in total. The summed E-state index contributed by atoms with van der Waals surface area (Å²) in [4.78, 5) is 26.3. The fourth-order valence-corrected chi connectivity index (χ4v) is 3.42. The van der Waals surface area contributed by atoms with Crippen molar-refractivity contribution in [3.05, 3.63) is 71.5 Å². The Morgan fingerprint density at radius 2 is 1.80 bits per heavy atom. The number of nitrogens with zero attached hydrogens (tertiary/aromatic N) is 1. The molecule has 2 amide bonds. The molecule has 3 N–H and O–H groups in total. The van der Waals surface area contributed by atoms with Crippen LogP contribution in [0.1, 0.15) is 30.0 Å². The van der Waals surface area contributed by atoms with E-state index in [1.807, 2.05) is 30.3 Å². The highest BCUT2D eigenvalue weighted by atomic mass is 19.1. The van der Waals surface area contributed by atoms with E-state index >= 15 is 0 Å². The summed E-state index contributed by atoms with van der Waals surface area (Å²) in [5.74, 6) is 3.46. The van der Waals surface area contributed by atoms with E-state index in [1.165, 1.54) is 29.2 Å². The molecule has 1 saturated heterocycles. The molecule has 30 heavy (non-hydrogen) atoms. The minimum absolute atomic E-state index is 0.0927. The van der Waals surface area contributed by atoms with E-state index in [1.54, 1.807) is 0 Å². The number of halogens is 1. The molecule has 1 aliphatic rings. The van der Waals surface area contributed by atoms with Crippen molar-refractivity contribution in [3.63, 3.8) is 0 Å². The molecule has 1 unspecified atom stereocenters. The Labute approximate surface area is 174 Å². The Morgan fingerprint density at radius 1 is 1.10 bits per heavy atom. The molecule has 0 saturated carbocycles. The second-order valence-electron chi connectivity index (χ2n) is 7.02. The van der Waals surface area contributed by atoms with Crippen molar-refractivity contribution in [2.45, 2.75) is 31.1 Å². The van der Waals surface area contributed by atoms with Crippen LogP contribution < -0.4 is 5.32 Å². The first-order valence-corrected chi connectivity index (χ1v) is 9.71. The Kier molecular flexibility index (Phi) is 7.17. The SMILES string of the molecule is O=C(NCC#Cc1ccc(F)cc1)[C@H](O)[C@@H](O)C(=O)N1CCCC1c1ccccc1. The zero-order valence-corrected chi connectivity index (χ0v) is 16.3. The summed E-state index contributed by atoms with van der Waals surface area (Å²) in [5, 5.41) is 22.8. The molecule has 156 valence electrons. The highest BCUT2D eigenvalue weighted by Crippen LogP contribution is 2.32. The van der Waals surface area contributed by atoms with E-state index in [9.17, 15) is 24.2 Å². The summed E-state index contributed by atoms with van der Waals surface area (Å²) in [6.45, 7) is 0.359. The van der Waals surface area contributed by atoms with Gasteiger partial charge in [-0.3, -0.25) is 9.59 Å². The van der Waals surface area contributed by atoms with E-state index in [4.69, 9.17) is 0 Å². The monoisotopic (exact) mass is 410 g/mol. The number of nitrogens with one attached hydrogen (secondary N) is 1. The van der Waals surface area contributed by atoms with E-state index in [-0.39, 0.29) is 18.4 Å². The lowest BCUT2D eigenvalue weighted by Crippen LogP contribution is -2.50. The normalized spacial score (nSPS) is 17.6. The van der Waals surface area contributed by atoms with Gasteiger partial charge in [0.05, 0.1) is 12.6 Å². The van der Waals surface area contributed by atoms with E-state index in [2.05, 4.69) is 17.2 Å². The van der Waals surface area contributed by atoms with Gasteiger partial charge in [-0.25, -0.2) is 4.39 Å². The lowest BCUT2D eigenvalue weighted by Gasteiger charge is -2.28. The zero-order chi connectivity index (χ0) is 21.5. The number of hydrogen-bond donors (Lipinski definition) is 3. The van der Waals surface area contributed by atoms with Crippen LogP contribution in [0.15, 0.2) is 54.6 Å². The molecule has 3 rings (SSSR count). The van der Waals surface area contributed by atoms with Crippen LogP contribution in [0.4, 0.5) is 4.39 Å². The molecule has 1 aliphatic heterocycles. The van der Waals surface area contributed by atoms with Gasteiger partial charge in [-0.1, -0.05) is 42.2 Å². The average Bonchev–Trinajstić information content (AvgIpc) is 3.26. The zero-order valence-electron chi connectivity index (χ0n) is 16.3. The average molecular weight is 410 g/mol. The van der Waals surface area contributed by atoms with Crippen LogP contribution in [0.25, 0.3) is 0 Å². The lowest BCUT2D eigenvalue weighted by molar-refractivity contribution is -0.153. The first-order chi connectivity index (χ1) is 14.5. The molecule has 2 aromatic rings. The highest BCUT2D eigenvalue weighted by molar-refractivity contribution is 5.91. The van der Waals surface area contributed by atoms with Gasteiger partial charge in [-0.2, -0.15) is 0 Å². The van der Waals surface area contributed by atoms with E-state index in [0.717, 1.165) is 18.4 Å². The van der Waals surface area contributed by atoms with Crippen molar-refractivity contribution in [2.24, 2.45) is 0 Å². The number of carbonyl (C=O) groups excluding carboxylic acids is 2. The largest absolute Gasteiger partial charge is 0.380 e. The van der Waals surface area contributed by atoms with Crippen LogP contribution in [0.3, 0.4) is 0 Å². The van der Waals surface area contributed by atoms with Crippen LogP contribution in [0.2, 0.25) is 0 Å². The fourth-order valence-electron chi connectivity index (χ4n) is 3.42. The third kappa shape index (κ3) is 5.23. The van der Waals surface area contributed by atoms with Gasteiger partial charge in [-0.15, -0.1) is 0 Å². The van der Waals surface area contributed by atoms with Gasteiger partial charge in [0.1, 0.15) is 5.82 Å². The molecular formula is C23H23FN2O4.